The third kappa shape index (κ3) is 3.19. The number of ether oxygens (including phenoxy) is 1. The van der Waals surface area contributed by atoms with Crippen LogP contribution in [-0.2, 0) is 0 Å². The average Bonchev–Trinajstić information content (AvgIpc) is 2.07. The number of nitrogens with zero attached hydrogens (tertiary/aromatic N) is 1. The van der Waals surface area contributed by atoms with E-state index in [0.717, 1.165) is 0 Å². The van der Waals surface area contributed by atoms with Crippen molar-refractivity contribution in [3.8, 4) is 11.6 Å². The molecule has 1 aromatic heterocycles. The summed E-state index contributed by atoms with van der Waals surface area (Å²) in [5.41, 5.74) is -1.14. The van der Waals surface area contributed by atoms with Gasteiger partial charge in [0.2, 0.25) is 5.88 Å². The summed E-state index contributed by atoms with van der Waals surface area (Å²) in [6.07, 6.45) is -8.38. The largest absolute Gasteiger partial charge is 0.574 e. The quantitative estimate of drug-likeness (QED) is 0.673. The van der Waals surface area contributed by atoms with Gasteiger partial charge in [-0.15, -0.1) is 13.2 Å². The van der Waals surface area contributed by atoms with Crippen molar-refractivity contribution in [1.29, 1.82) is 0 Å². The van der Waals surface area contributed by atoms with E-state index < -0.39 is 34.6 Å². The van der Waals surface area contributed by atoms with Gasteiger partial charge in [-0.1, -0.05) is 0 Å². The van der Waals surface area contributed by atoms with Crippen molar-refractivity contribution < 1.29 is 31.8 Å². The molecule has 1 rings (SSSR count). The van der Waals surface area contributed by atoms with Gasteiger partial charge in [0.15, 0.2) is 4.60 Å². The van der Waals surface area contributed by atoms with Crippen molar-refractivity contribution in [3.05, 3.63) is 16.2 Å². The van der Waals surface area contributed by atoms with Gasteiger partial charge >= 0.3 is 6.36 Å². The number of pyridine rings is 1. The maximum absolute atomic E-state index is 12.3. The molecule has 16 heavy (non-hydrogen) atoms. The Hall–Kier alpha value is -1.12. The van der Waals surface area contributed by atoms with Crippen molar-refractivity contribution in [1.82, 2.24) is 4.98 Å². The minimum Gasteiger partial charge on any atom is -0.505 e. The predicted octanol–water partition coefficient (Wildman–Crippen LogP) is 3.39. The molecule has 0 aliphatic rings. The van der Waals surface area contributed by atoms with Crippen LogP contribution in [0.15, 0.2) is 10.7 Å². The van der Waals surface area contributed by atoms with Gasteiger partial charge in [0, 0.05) is 0 Å². The van der Waals surface area contributed by atoms with Crippen molar-refractivity contribution in [2.24, 2.45) is 0 Å². The van der Waals surface area contributed by atoms with Crippen LogP contribution in [0.3, 0.4) is 0 Å². The molecule has 0 saturated carbocycles. The number of aromatic hydroxyl groups is 1. The Kier molecular flexibility index (Phi) is 3.56. The molecular formula is C7H3BrF5NO2. The standard InChI is InChI=1S/C7H3BrF5NO2/c8-4-3(15)1-2(5(9)10)6(14-4)16-7(11,12)13/h1,5,15H. The molecule has 0 aliphatic carbocycles. The highest BCUT2D eigenvalue weighted by atomic mass is 79.9. The fraction of sp³-hybridized carbons (Fsp3) is 0.286. The highest BCUT2D eigenvalue weighted by Crippen LogP contribution is 2.36. The Morgan fingerprint density at radius 2 is 1.94 bits per heavy atom. The van der Waals surface area contributed by atoms with E-state index in [1.54, 1.807) is 0 Å². The van der Waals surface area contributed by atoms with Crippen LogP contribution in [0.1, 0.15) is 12.0 Å². The first-order valence-corrected chi connectivity index (χ1v) is 4.43. The lowest BCUT2D eigenvalue weighted by atomic mass is 10.3. The third-order valence-corrected chi connectivity index (χ3v) is 1.98. The van der Waals surface area contributed by atoms with Gasteiger partial charge in [0.25, 0.3) is 6.43 Å². The van der Waals surface area contributed by atoms with Crippen LogP contribution in [0.4, 0.5) is 22.0 Å². The molecule has 9 heteroatoms. The summed E-state index contributed by atoms with van der Waals surface area (Å²) >= 11 is 2.58. The molecule has 90 valence electrons. The lowest BCUT2D eigenvalue weighted by Crippen LogP contribution is -2.19. The van der Waals surface area contributed by atoms with E-state index in [9.17, 15) is 22.0 Å². The van der Waals surface area contributed by atoms with Crippen LogP contribution < -0.4 is 4.74 Å². The molecule has 0 bridgehead atoms. The molecule has 0 spiro atoms. The molecule has 3 nitrogen and oxygen atoms in total. The van der Waals surface area contributed by atoms with E-state index in [1.165, 1.54) is 0 Å². The van der Waals surface area contributed by atoms with Crippen molar-refractivity contribution in [2.75, 3.05) is 0 Å². The van der Waals surface area contributed by atoms with Crippen molar-refractivity contribution in [3.63, 3.8) is 0 Å². The number of aromatic nitrogens is 1. The van der Waals surface area contributed by atoms with Gasteiger partial charge < -0.3 is 9.84 Å². The van der Waals surface area contributed by atoms with Crippen LogP contribution in [-0.4, -0.2) is 16.5 Å². The van der Waals surface area contributed by atoms with Crippen LogP contribution >= 0.6 is 15.9 Å². The lowest BCUT2D eigenvalue weighted by Gasteiger charge is -2.12. The Morgan fingerprint density at radius 1 is 1.38 bits per heavy atom. The maximum Gasteiger partial charge on any atom is 0.574 e. The SMILES string of the molecule is Oc1cc(C(F)F)c(OC(F)(F)F)nc1Br. The van der Waals surface area contributed by atoms with E-state index in [1.807, 2.05) is 0 Å². The molecule has 0 aromatic carbocycles. The Morgan fingerprint density at radius 3 is 2.38 bits per heavy atom. The second kappa shape index (κ2) is 4.40. The molecule has 0 saturated heterocycles. The van der Waals surface area contributed by atoms with Gasteiger partial charge in [0.05, 0.1) is 5.56 Å². The first-order chi connectivity index (χ1) is 7.20. The van der Waals surface area contributed by atoms with E-state index >= 15 is 0 Å². The Bertz CT molecular complexity index is 395. The van der Waals surface area contributed by atoms with Gasteiger partial charge in [-0.2, -0.15) is 0 Å². The first kappa shape index (κ1) is 12.9. The molecular weight excluding hydrogens is 305 g/mol. The zero-order valence-corrected chi connectivity index (χ0v) is 8.81. The number of alkyl halides is 5. The lowest BCUT2D eigenvalue weighted by molar-refractivity contribution is -0.276. The summed E-state index contributed by atoms with van der Waals surface area (Å²) in [5, 5.41) is 8.99. The average molecular weight is 308 g/mol. The molecule has 1 N–H and O–H groups in total. The van der Waals surface area contributed by atoms with E-state index in [4.69, 9.17) is 5.11 Å². The fourth-order valence-corrected chi connectivity index (χ4v) is 1.10. The molecule has 0 amide bonds. The van der Waals surface area contributed by atoms with Gasteiger partial charge in [-0.25, -0.2) is 13.8 Å². The normalized spacial score (nSPS) is 11.9. The van der Waals surface area contributed by atoms with Crippen LogP contribution in [0.25, 0.3) is 0 Å². The van der Waals surface area contributed by atoms with Crippen molar-refractivity contribution >= 4 is 15.9 Å². The monoisotopic (exact) mass is 307 g/mol. The minimum absolute atomic E-state index is 0.420. The minimum atomic E-state index is -5.13. The van der Waals surface area contributed by atoms with Gasteiger partial charge in [-0.3, -0.25) is 0 Å². The smallest absolute Gasteiger partial charge is 0.505 e. The van der Waals surface area contributed by atoms with Gasteiger partial charge in [0.1, 0.15) is 5.75 Å². The summed E-state index contributed by atoms with van der Waals surface area (Å²) in [6.45, 7) is 0. The highest BCUT2D eigenvalue weighted by Gasteiger charge is 2.34. The number of halogens is 6. The zero-order valence-electron chi connectivity index (χ0n) is 7.23. The van der Waals surface area contributed by atoms with Crippen LogP contribution in [0.5, 0.6) is 11.6 Å². The summed E-state index contributed by atoms with van der Waals surface area (Å²) < 4.78 is 63.0. The van der Waals surface area contributed by atoms with Crippen molar-refractivity contribution in [2.45, 2.75) is 12.8 Å². The topological polar surface area (TPSA) is 42.4 Å². The molecule has 0 unspecified atom stereocenters. The second-order valence-electron chi connectivity index (χ2n) is 2.54. The predicted molar refractivity (Wildman–Crippen MR) is 45.2 cm³/mol. The summed E-state index contributed by atoms with van der Waals surface area (Å²) in [4.78, 5) is 3.02. The van der Waals surface area contributed by atoms with E-state index in [2.05, 4.69) is 25.7 Å². The fourth-order valence-electron chi connectivity index (χ4n) is 0.827. The summed E-state index contributed by atoms with van der Waals surface area (Å²) in [6, 6.07) is 0.447. The second-order valence-corrected chi connectivity index (χ2v) is 3.29. The molecule has 1 heterocycles. The maximum atomic E-state index is 12.3. The summed E-state index contributed by atoms with van der Waals surface area (Å²) in [7, 11) is 0. The number of rotatable bonds is 2. The van der Waals surface area contributed by atoms with E-state index in [0.29, 0.717) is 6.07 Å². The number of hydrogen-bond donors (Lipinski definition) is 1. The Balaban J connectivity index is 3.20. The molecule has 0 aliphatic heterocycles. The first-order valence-electron chi connectivity index (χ1n) is 3.64. The van der Waals surface area contributed by atoms with Crippen LogP contribution in [0, 0.1) is 0 Å². The number of hydrogen-bond acceptors (Lipinski definition) is 3. The zero-order chi connectivity index (χ0) is 12.5. The molecule has 1 aromatic rings. The third-order valence-electron chi connectivity index (χ3n) is 1.40. The molecule has 0 fully saturated rings. The van der Waals surface area contributed by atoms with E-state index in [-0.39, 0.29) is 0 Å². The van der Waals surface area contributed by atoms with Crippen LogP contribution in [0.2, 0.25) is 0 Å². The Labute approximate surface area is 94.0 Å². The molecule has 0 radical (unpaired) electrons. The molecule has 0 atom stereocenters. The highest BCUT2D eigenvalue weighted by molar-refractivity contribution is 9.10. The summed E-state index contributed by atoms with van der Waals surface area (Å²) in [5.74, 6) is -2.00. The van der Waals surface area contributed by atoms with Gasteiger partial charge in [-0.05, 0) is 22.0 Å².